The van der Waals surface area contributed by atoms with Crippen LogP contribution >= 0.6 is 0 Å². The molecule has 1 saturated heterocycles. The average Bonchev–Trinajstić information content (AvgIpc) is 2.81. The Labute approximate surface area is 115 Å². The monoisotopic (exact) mass is 261 g/mol. The van der Waals surface area contributed by atoms with Crippen LogP contribution in [0.25, 0.3) is 0 Å². The van der Waals surface area contributed by atoms with Crippen LogP contribution in [0.2, 0.25) is 0 Å². The standard InChI is InChI=1S/C16H23NO2/c1-16(2,11-15(18)19)14-7-5-13(6-8-14)12-17-9-3-4-10-17/h5-8H,3-4,9-12H2,1-2H3,(H,18,19). The van der Waals surface area contributed by atoms with Gasteiger partial charge in [-0.15, -0.1) is 0 Å². The van der Waals surface area contributed by atoms with E-state index in [0.717, 1.165) is 12.1 Å². The maximum atomic E-state index is 10.9. The van der Waals surface area contributed by atoms with Gasteiger partial charge in [0.05, 0.1) is 6.42 Å². The molecule has 1 aromatic carbocycles. The summed E-state index contributed by atoms with van der Waals surface area (Å²) in [6.07, 6.45) is 2.78. The van der Waals surface area contributed by atoms with Crippen LogP contribution in [0, 0.1) is 0 Å². The molecule has 1 N–H and O–H groups in total. The van der Waals surface area contributed by atoms with Gasteiger partial charge in [0, 0.05) is 12.0 Å². The minimum Gasteiger partial charge on any atom is -0.481 e. The number of aliphatic carboxylic acids is 1. The molecule has 0 unspecified atom stereocenters. The third kappa shape index (κ3) is 3.80. The zero-order chi connectivity index (χ0) is 13.9. The second-order valence-electron chi connectivity index (χ2n) is 6.13. The highest BCUT2D eigenvalue weighted by molar-refractivity contribution is 5.68. The van der Waals surface area contributed by atoms with Crippen molar-refractivity contribution in [3.05, 3.63) is 35.4 Å². The van der Waals surface area contributed by atoms with Crippen LogP contribution in [0.4, 0.5) is 0 Å². The fourth-order valence-electron chi connectivity index (χ4n) is 2.74. The van der Waals surface area contributed by atoms with Crippen LogP contribution in [-0.4, -0.2) is 29.1 Å². The molecule has 19 heavy (non-hydrogen) atoms. The Kier molecular flexibility index (Phi) is 4.25. The number of carboxylic acid groups (broad SMARTS) is 1. The van der Waals surface area contributed by atoms with Crippen molar-refractivity contribution in [3.8, 4) is 0 Å². The van der Waals surface area contributed by atoms with Crippen molar-refractivity contribution in [1.29, 1.82) is 0 Å². The van der Waals surface area contributed by atoms with Gasteiger partial charge in [-0.2, -0.15) is 0 Å². The number of carboxylic acids is 1. The lowest BCUT2D eigenvalue weighted by atomic mass is 9.81. The van der Waals surface area contributed by atoms with E-state index in [4.69, 9.17) is 5.11 Å². The Bertz CT molecular complexity index is 431. The molecule has 0 atom stereocenters. The number of carbonyl (C=O) groups is 1. The molecular formula is C16H23NO2. The zero-order valence-corrected chi connectivity index (χ0v) is 11.9. The van der Waals surface area contributed by atoms with Crippen molar-refractivity contribution in [3.63, 3.8) is 0 Å². The molecule has 1 fully saturated rings. The van der Waals surface area contributed by atoms with Gasteiger partial charge in [0.1, 0.15) is 0 Å². The maximum Gasteiger partial charge on any atom is 0.304 e. The van der Waals surface area contributed by atoms with Gasteiger partial charge in [0.15, 0.2) is 0 Å². The van der Waals surface area contributed by atoms with E-state index in [9.17, 15) is 4.79 Å². The van der Waals surface area contributed by atoms with Crippen molar-refractivity contribution < 1.29 is 9.90 Å². The molecule has 0 aromatic heterocycles. The molecule has 2 rings (SSSR count). The summed E-state index contributed by atoms with van der Waals surface area (Å²) in [5.41, 5.74) is 2.11. The predicted octanol–water partition coefficient (Wildman–Crippen LogP) is 3.03. The fourth-order valence-corrected chi connectivity index (χ4v) is 2.74. The lowest BCUT2D eigenvalue weighted by Gasteiger charge is -2.23. The van der Waals surface area contributed by atoms with Gasteiger partial charge in [-0.05, 0) is 37.1 Å². The molecule has 0 aliphatic carbocycles. The van der Waals surface area contributed by atoms with Gasteiger partial charge < -0.3 is 5.11 Å². The number of hydrogen-bond donors (Lipinski definition) is 1. The Balaban J connectivity index is 2.02. The molecule has 1 aliphatic rings. The van der Waals surface area contributed by atoms with Gasteiger partial charge in [-0.25, -0.2) is 0 Å². The molecule has 3 heteroatoms. The van der Waals surface area contributed by atoms with E-state index in [1.807, 2.05) is 13.8 Å². The van der Waals surface area contributed by atoms with E-state index in [1.54, 1.807) is 0 Å². The van der Waals surface area contributed by atoms with Crippen molar-refractivity contribution in [2.24, 2.45) is 0 Å². The van der Waals surface area contributed by atoms with Crippen molar-refractivity contribution in [2.75, 3.05) is 13.1 Å². The number of likely N-dealkylation sites (tertiary alicyclic amines) is 1. The van der Waals surface area contributed by atoms with Gasteiger partial charge in [0.25, 0.3) is 0 Å². The van der Waals surface area contributed by atoms with Gasteiger partial charge >= 0.3 is 5.97 Å². The van der Waals surface area contributed by atoms with Crippen molar-refractivity contribution in [1.82, 2.24) is 4.90 Å². The molecule has 1 heterocycles. The first-order chi connectivity index (χ1) is 8.97. The molecule has 3 nitrogen and oxygen atoms in total. The minimum atomic E-state index is -0.744. The van der Waals surface area contributed by atoms with Crippen LogP contribution in [-0.2, 0) is 16.8 Å². The summed E-state index contributed by atoms with van der Waals surface area (Å²) in [5.74, 6) is -0.744. The topological polar surface area (TPSA) is 40.5 Å². The first-order valence-corrected chi connectivity index (χ1v) is 7.01. The summed E-state index contributed by atoms with van der Waals surface area (Å²) in [4.78, 5) is 13.3. The molecule has 0 radical (unpaired) electrons. The smallest absolute Gasteiger partial charge is 0.304 e. The van der Waals surface area contributed by atoms with Crippen LogP contribution in [0.5, 0.6) is 0 Å². The number of hydrogen-bond acceptors (Lipinski definition) is 2. The summed E-state index contributed by atoms with van der Waals surface area (Å²) in [6.45, 7) is 7.38. The summed E-state index contributed by atoms with van der Waals surface area (Å²) in [6, 6.07) is 8.43. The number of benzene rings is 1. The predicted molar refractivity (Wildman–Crippen MR) is 76.2 cm³/mol. The normalized spacial score (nSPS) is 16.7. The van der Waals surface area contributed by atoms with E-state index in [1.165, 1.54) is 31.5 Å². The van der Waals surface area contributed by atoms with E-state index < -0.39 is 5.97 Å². The van der Waals surface area contributed by atoms with Crippen LogP contribution in [0.3, 0.4) is 0 Å². The highest BCUT2D eigenvalue weighted by atomic mass is 16.4. The molecule has 1 aliphatic heterocycles. The van der Waals surface area contributed by atoms with E-state index in [-0.39, 0.29) is 11.8 Å². The molecular weight excluding hydrogens is 238 g/mol. The van der Waals surface area contributed by atoms with Gasteiger partial charge in [0.2, 0.25) is 0 Å². The Hall–Kier alpha value is -1.35. The van der Waals surface area contributed by atoms with Crippen LogP contribution in [0.1, 0.15) is 44.2 Å². The first-order valence-electron chi connectivity index (χ1n) is 7.01. The molecule has 0 saturated carbocycles. The van der Waals surface area contributed by atoms with E-state index in [0.29, 0.717) is 0 Å². The molecule has 0 bridgehead atoms. The Morgan fingerprint density at radius 1 is 1.21 bits per heavy atom. The SMILES string of the molecule is CC(C)(CC(=O)O)c1ccc(CN2CCCC2)cc1. The summed E-state index contributed by atoms with van der Waals surface area (Å²) >= 11 is 0. The minimum absolute atomic E-state index is 0.165. The Morgan fingerprint density at radius 3 is 2.32 bits per heavy atom. The first kappa shape index (κ1) is 14.1. The second kappa shape index (κ2) is 5.74. The maximum absolute atomic E-state index is 10.9. The van der Waals surface area contributed by atoms with Crippen LogP contribution in [0.15, 0.2) is 24.3 Å². The van der Waals surface area contributed by atoms with E-state index in [2.05, 4.69) is 29.2 Å². The molecule has 1 aromatic rings. The summed E-state index contributed by atoms with van der Waals surface area (Å²) in [5, 5.41) is 8.95. The Morgan fingerprint density at radius 2 is 1.79 bits per heavy atom. The van der Waals surface area contributed by atoms with Gasteiger partial charge in [-0.1, -0.05) is 38.1 Å². The number of rotatable bonds is 5. The van der Waals surface area contributed by atoms with Gasteiger partial charge in [-0.3, -0.25) is 9.69 Å². The summed E-state index contributed by atoms with van der Waals surface area (Å²) in [7, 11) is 0. The fraction of sp³-hybridized carbons (Fsp3) is 0.562. The third-order valence-corrected chi connectivity index (χ3v) is 3.93. The lowest BCUT2D eigenvalue weighted by Crippen LogP contribution is -2.22. The van der Waals surface area contributed by atoms with Crippen molar-refractivity contribution in [2.45, 2.75) is 45.1 Å². The molecule has 0 amide bonds. The number of nitrogens with zero attached hydrogens (tertiary/aromatic N) is 1. The summed E-state index contributed by atoms with van der Waals surface area (Å²) < 4.78 is 0. The quantitative estimate of drug-likeness (QED) is 0.885. The highest BCUT2D eigenvalue weighted by Gasteiger charge is 2.24. The largest absolute Gasteiger partial charge is 0.481 e. The highest BCUT2D eigenvalue weighted by Crippen LogP contribution is 2.27. The van der Waals surface area contributed by atoms with Crippen LogP contribution < -0.4 is 0 Å². The second-order valence-corrected chi connectivity index (χ2v) is 6.13. The zero-order valence-electron chi connectivity index (χ0n) is 11.9. The van der Waals surface area contributed by atoms with Crippen molar-refractivity contribution >= 4 is 5.97 Å². The molecule has 104 valence electrons. The lowest BCUT2D eigenvalue weighted by molar-refractivity contribution is -0.138. The third-order valence-electron chi connectivity index (χ3n) is 3.93. The molecule has 0 spiro atoms. The average molecular weight is 261 g/mol. The van der Waals surface area contributed by atoms with E-state index >= 15 is 0 Å².